The smallest absolute Gasteiger partial charge is 0.409 e. The topological polar surface area (TPSA) is 79.8 Å². The van der Waals surface area contributed by atoms with Crippen LogP contribution >= 0.6 is 0 Å². The zero-order valence-corrected chi connectivity index (χ0v) is 16.6. The van der Waals surface area contributed by atoms with E-state index in [9.17, 15) is 4.79 Å². The SMILES string of the molecule is CCOC(=O)N1CCN(c2cc(NCc3ccc(OC)cc3)nc(C)n2)CC1. The van der Waals surface area contributed by atoms with Crippen LogP contribution in [0.3, 0.4) is 0 Å². The molecule has 1 aromatic heterocycles. The van der Waals surface area contributed by atoms with E-state index in [2.05, 4.69) is 20.2 Å². The highest BCUT2D eigenvalue weighted by Crippen LogP contribution is 2.19. The van der Waals surface area contributed by atoms with Gasteiger partial charge in [-0.25, -0.2) is 14.8 Å². The van der Waals surface area contributed by atoms with E-state index in [0.29, 0.717) is 45.2 Å². The maximum atomic E-state index is 11.9. The van der Waals surface area contributed by atoms with Crippen molar-refractivity contribution in [3.63, 3.8) is 0 Å². The molecule has 1 aromatic carbocycles. The summed E-state index contributed by atoms with van der Waals surface area (Å²) < 4.78 is 10.3. The molecule has 1 aliphatic heterocycles. The Hall–Kier alpha value is -3.03. The van der Waals surface area contributed by atoms with E-state index in [1.165, 1.54) is 0 Å². The van der Waals surface area contributed by atoms with Crippen LogP contribution in [-0.4, -0.2) is 60.9 Å². The Labute approximate surface area is 165 Å². The van der Waals surface area contributed by atoms with Crippen LogP contribution in [0.15, 0.2) is 30.3 Å². The molecule has 1 saturated heterocycles. The fourth-order valence-corrected chi connectivity index (χ4v) is 3.07. The number of amides is 1. The molecule has 0 spiro atoms. The lowest BCUT2D eigenvalue weighted by Gasteiger charge is -2.34. The molecule has 0 unspecified atom stereocenters. The molecule has 150 valence electrons. The average Bonchev–Trinajstić information content (AvgIpc) is 2.72. The Kier molecular flexibility index (Phi) is 6.52. The second kappa shape index (κ2) is 9.25. The molecule has 2 aromatic rings. The Bertz CT molecular complexity index is 789. The van der Waals surface area contributed by atoms with Crippen LogP contribution in [0.4, 0.5) is 16.4 Å². The van der Waals surface area contributed by atoms with Gasteiger partial charge in [-0.15, -0.1) is 0 Å². The number of aryl methyl sites for hydroxylation is 1. The van der Waals surface area contributed by atoms with Gasteiger partial charge in [-0.3, -0.25) is 0 Å². The number of anilines is 2. The van der Waals surface area contributed by atoms with Gasteiger partial charge in [-0.2, -0.15) is 0 Å². The lowest BCUT2D eigenvalue weighted by Crippen LogP contribution is -2.49. The molecule has 0 atom stereocenters. The molecule has 0 bridgehead atoms. The number of nitrogens with one attached hydrogen (secondary N) is 1. The molecule has 1 fully saturated rings. The van der Waals surface area contributed by atoms with Gasteiger partial charge in [0.2, 0.25) is 0 Å². The molecule has 8 nitrogen and oxygen atoms in total. The van der Waals surface area contributed by atoms with Crippen molar-refractivity contribution < 1.29 is 14.3 Å². The fraction of sp³-hybridized carbons (Fsp3) is 0.450. The lowest BCUT2D eigenvalue weighted by molar-refractivity contribution is 0.105. The number of hydrogen-bond acceptors (Lipinski definition) is 7. The maximum absolute atomic E-state index is 11.9. The molecule has 1 N–H and O–H groups in total. The number of hydrogen-bond donors (Lipinski definition) is 1. The Morgan fingerprint density at radius 1 is 1.14 bits per heavy atom. The summed E-state index contributed by atoms with van der Waals surface area (Å²) in [6.45, 7) is 7.44. The molecule has 0 aliphatic carbocycles. The Morgan fingerprint density at radius 3 is 2.50 bits per heavy atom. The van der Waals surface area contributed by atoms with Crippen molar-refractivity contribution in [3.8, 4) is 5.75 Å². The summed E-state index contributed by atoms with van der Waals surface area (Å²) in [6.07, 6.45) is -0.247. The molecule has 0 radical (unpaired) electrons. The van der Waals surface area contributed by atoms with Gasteiger partial charge in [-0.1, -0.05) is 12.1 Å². The fourth-order valence-electron chi connectivity index (χ4n) is 3.07. The molecule has 1 aliphatic rings. The van der Waals surface area contributed by atoms with Gasteiger partial charge in [0, 0.05) is 38.8 Å². The van der Waals surface area contributed by atoms with E-state index >= 15 is 0 Å². The van der Waals surface area contributed by atoms with Crippen molar-refractivity contribution in [1.29, 1.82) is 0 Å². The first-order valence-electron chi connectivity index (χ1n) is 9.48. The molecule has 1 amide bonds. The summed E-state index contributed by atoms with van der Waals surface area (Å²) in [5, 5.41) is 3.36. The van der Waals surface area contributed by atoms with Crippen LogP contribution in [0.25, 0.3) is 0 Å². The van der Waals surface area contributed by atoms with Gasteiger partial charge >= 0.3 is 6.09 Å². The number of ether oxygens (including phenoxy) is 2. The third-order valence-electron chi connectivity index (χ3n) is 4.59. The zero-order valence-electron chi connectivity index (χ0n) is 16.6. The molecule has 8 heteroatoms. The highest BCUT2D eigenvalue weighted by atomic mass is 16.6. The lowest BCUT2D eigenvalue weighted by atomic mass is 10.2. The number of carbonyl (C=O) groups excluding carboxylic acids is 1. The van der Waals surface area contributed by atoms with Crippen molar-refractivity contribution in [1.82, 2.24) is 14.9 Å². The summed E-state index contributed by atoms with van der Waals surface area (Å²) in [5.74, 6) is 3.20. The van der Waals surface area contributed by atoms with Crippen LogP contribution in [0.5, 0.6) is 5.75 Å². The van der Waals surface area contributed by atoms with Crippen LogP contribution in [0.1, 0.15) is 18.3 Å². The van der Waals surface area contributed by atoms with Crippen LogP contribution in [-0.2, 0) is 11.3 Å². The number of nitrogens with zero attached hydrogens (tertiary/aromatic N) is 4. The van der Waals surface area contributed by atoms with Crippen LogP contribution in [0.2, 0.25) is 0 Å². The standard InChI is InChI=1S/C20H27N5O3/c1-4-28-20(26)25-11-9-24(10-12-25)19-13-18(22-15(2)23-19)21-14-16-5-7-17(27-3)8-6-16/h5-8,13H,4,9-12,14H2,1-3H3,(H,21,22,23). The van der Waals surface area contributed by atoms with Gasteiger partial charge in [-0.05, 0) is 31.5 Å². The van der Waals surface area contributed by atoms with Gasteiger partial charge < -0.3 is 24.6 Å². The highest BCUT2D eigenvalue weighted by Gasteiger charge is 2.23. The minimum atomic E-state index is -0.247. The zero-order chi connectivity index (χ0) is 19.9. The van der Waals surface area contributed by atoms with E-state index < -0.39 is 0 Å². The van der Waals surface area contributed by atoms with Crippen molar-refractivity contribution in [3.05, 3.63) is 41.7 Å². The van der Waals surface area contributed by atoms with E-state index in [4.69, 9.17) is 9.47 Å². The third-order valence-corrected chi connectivity index (χ3v) is 4.59. The molecular formula is C20H27N5O3. The molecular weight excluding hydrogens is 358 g/mol. The number of piperazine rings is 1. The summed E-state index contributed by atoms with van der Waals surface area (Å²) in [5.41, 5.74) is 1.14. The van der Waals surface area contributed by atoms with E-state index in [1.807, 2.05) is 44.2 Å². The van der Waals surface area contributed by atoms with Gasteiger partial charge in [0.05, 0.1) is 13.7 Å². The van der Waals surface area contributed by atoms with Crippen molar-refractivity contribution in [2.75, 3.05) is 50.1 Å². The number of rotatable bonds is 6. The van der Waals surface area contributed by atoms with Gasteiger partial charge in [0.25, 0.3) is 0 Å². The van der Waals surface area contributed by atoms with Crippen molar-refractivity contribution in [2.24, 2.45) is 0 Å². The second-order valence-corrected chi connectivity index (χ2v) is 6.53. The maximum Gasteiger partial charge on any atom is 0.409 e. The van der Waals surface area contributed by atoms with Crippen LogP contribution in [0, 0.1) is 6.92 Å². The minimum absolute atomic E-state index is 0.247. The van der Waals surface area contributed by atoms with Gasteiger partial charge in [0.15, 0.2) is 0 Å². The number of carbonyl (C=O) groups is 1. The predicted octanol–water partition coefficient (Wildman–Crippen LogP) is 2.68. The first-order chi connectivity index (χ1) is 13.6. The molecule has 0 saturated carbocycles. The third kappa shape index (κ3) is 5.03. The largest absolute Gasteiger partial charge is 0.497 e. The van der Waals surface area contributed by atoms with Crippen LogP contribution < -0.4 is 15.0 Å². The Morgan fingerprint density at radius 2 is 1.86 bits per heavy atom. The van der Waals surface area contributed by atoms with E-state index in [0.717, 1.165) is 22.9 Å². The quantitative estimate of drug-likeness (QED) is 0.819. The molecule has 3 rings (SSSR count). The van der Waals surface area contributed by atoms with Gasteiger partial charge in [0.1, 0.15) is 23.2 Å². The molecule has 2 heterocycles. The minimum Gasteiger partial charge on any atom is -0.497 e. The summed E-state index contributed by atoms with van der Waals surface area (Å²) in [7, 11) is 1.66. The first kappa shape index (κ1) is 19.7. The number of methoxy groups -OCH3 is 1. The summed E-state index contributed by atoms with van der Waals surface area (Å²) in [6, 6.07) is 9.88. The average molecular weight is 385 g/mol. The van der Waals surface area contributed by atoms with Crippen molar-refractivity contribution in [2.45, 2.75) is 20.4 Å². The predicted molar refractivity (Wildman–Crippen MR) is 108 cm³/mol. The van der Waals surface area contributed by atoms with Crippen molar-refractivity contribution >= 4 is 17.7 Å². The first-order valence-corrected chi connectivity index (χ1v) is 9.48. The normalized spacial score (nSPS) is 14.0. The Balaban J connectivity index is 1.61. The van der Waals surface area contributed by atoms with E-state index in [-0.39, 0.29) is 6.09 Å². The summed E-state index contributed by atoms with van der Waals surface area (Å²) in [4.78, 5) is 24.8. The monoisotopic (exact) mass is 385 g/mol. The highest BCUT2D eigenvalue weighted by molar-refractivity contribution is 5.68. The molecule has 28 heavy (non-hydrogen) atoms. The number of benzene rings is 1. The van der Waals surface area contributed by atoms with E-state index in [1.54, 1.807) is 12.0 Å². The second-order valence-electron chi connectivity index (χ2n) is 6.53. The number of aromatic nitrogens is 2. The summed E-state index contributed by atoms with van der Waals surface area (Å²) >= 11 is 0.